The van der Waals surface area contributed by atoms with Gasteiger partial charge in [0, 0.05) is 11.3 Å². The molecule has 0 aromatic heterocycles. The molecule has 1 rings (SSSR count). The first-order valence-electron chi connectivity index (χ1n) is 8.05. The molecule has 0 bridgehead atoms. The van der Waals surface area contributed by atoms with E-state index in [9.17, 15) is 9.59 Å². The number of rotatable bonds is 10. The van der Waals surface area contributed by atoms with Gasteiger partial charge in [0.05, 0.1) is 13.0 Å². The van der Waals surface area contributed by atoms with E-state index in [1.165, 1.54) is 24.6 Å². The van der Waals surface area contributed by atoms with Crippen molar-refractivity contribution in [3.05, 3.63) is 35.9 Å². The molecule has 0 heterocycles. The van der Waals surface area contributed by atoms with Crippen LogP contribution < -0.4 is 0 Å². The molecule has 22 heavy (non-hydrogen) atoms. The van der Waals surface area contributed by atoms with Crippen LogP contribution in [0.2, 0.25) is 0 Å². The van der Waals surface area contributed by atoms with Gasteiger partial charge in [-0.1, -0.05) is 75.2 Å². The third kappa shape index (κ3) is 7.64. The smallest absolute Gasteiger partial charge is 0.306 e. The van der Waals surface area contributed by atoms with Crippen LogP contribution in [0.3, 0.4) is 0 Å². The molecule has 1 unspecified atom stereocenters. The van der Waals surface area contributed by atoms with E-state index in [0.717, 1.165) is 12.8 Å². The molecule has 1 aromatic rings. The molecule has 0 aliphatic carbocycles. The molecule has 122 valence electrons. The summed E-state index contributed by atoms with van der Waals surface area (Å²) >= 11 is 1.17. The topological polar surface area (TPSA) is 43.4 Å². The van der Waals surface area contributed by atoms with Gasteiger partial charge in [-0.15, -0.1) is 0 Å². The second-order valence-electron chi connectivity index (χ2n) is 5.35. The van der Waals surface area contributed by atoms with Crippen molar-refractivity contribution in [1.29, 1.82) is 0 Å². The minimum Gasteiger partial charge on any atom is -0.465 e. The maximum Gasteiger partial charge on any atom is 0.306 e. The van der Waals surface area contributed by atoms with Crippen LogP contribution >= 0.6 is 11.8 Å². The summed E-state index contributed by atoms with van der Waals surface area (Å²) in [6.45, 7) is 4.80. The Morgan fingerprint density at radius 1 is 1.18 bits per heavy atom. The summed E-state index contributed by atoms with van der Waals surface area (Å²) in [7, 11) is 0. The van der Waals surface area contributed by atoms with Gasteiger partial charge in [0.15, 0.2) is 0 Å². The Kier molecular flexibility index (Phi) is 9.64. The Hall–Kier alpha value is -1.29. The number of esters is 1. The van der Waals surface area contributed by atoms with Crippen LogP contribution in [0.1, 0.15) is 56.3 Å². The Morgan fingerprint density at radius 2 is 1.91 bits per heavy atom. The van der Waals surface area contributed by atoms with E-state index >= 15 is 0 Å². The number of unbranched alkanes of at least 4 members (excludes halogenated alkanes) is 1. The Labute approximate surface area is 137 Å². The molecule has 3 nitrogen and oxygen atoms in total. The number of benzene rings is 1. The Morgan fingerprint density at radius 3 is 2.55 bits per heavy atom. The van der Waals surface area contributed by atoms with Gasteiger partial charge in [0.25, 0.3) is 0 Å². The lowest BCUT2D eigenvalue weighted by molar-refractivity contribution is -0.144. The van der Waals surface area contributed by atoms with Gasteiger partial charge in [-0.25, -0.2) is 0 Å². The Balaban J connectivity index is 2.19. The SMILES string of the molecule is CCCCC(CC)COC(=O)CCSC(=O)c1ccccc1. The fourth-order valence-corrected chi connectivity index (χ4v) is 2.82. The molecule has 0 amide bonds. The fourth-order valence-electron chi connectivity index (χ4n) is 2.07. The monoisotopic (exact) mass is 322 g/mol. The van der Waals surface area contributed by atoms with Gasteiger partial charge < -0.3 is 4.74 Å². The van der Waals surface area contributed by atoms with E-state index < -0.39 is 0 Å². The average Bonchev–Trinajstić information content (AvgIpc) is 2.55. The molecule has 0 radical (unpaired) electrons. The third-order valence-electron chi connectivity index (χ3n) is 3.57. The largest absolute Gasteiger partial charge is 0.465 e. The van der Waals surface area contributed by atoms with E-state index in [-0.39, 0.29) is 17.5 Å². The van der Waals surface area contributed by atoms with E-state index in [2.05, 4.69) is 13.8 Å². The maximum atomic E-state index is 11.9. The summed E-state index contributed by atoms with van der Waals surface area (Å²) in [5.74, 6) is 0.726. The molecule has 1 aromatic carbocycles. The lowest BCUT2D eigenvalue weighted by Crippen LogP contribution is -2.14. The highest BCUT2D eigenvalue weighted by atomic mass is 32.2. The summed E-state index contributed by atoms with van der Waals surface area (Å²) in [5, 5.41) is 0.00257. The highest BCUT2D eigenvalue weighted by molar-refractivity contribution is 8.14. The standard InChI is InChI=1S/C18H26O3S/c1-3-5-9-15(4-2)14-21-17(19)12-13-22-18(20)16-10-7-6-8-11-16/h6-8,10-11,15H,3-5,9,12-14H2,1-2H3. The number of thioether (sulfide) groups is 1. The zero-order valence-corrected chi connectivity index (χ0v) is 14.4. The van der Waals surface area contributed by atoms with Crippen LogP contribution in [0.15, 0.2) is 30.3 Å². The molecule has 0 saturated heterocycles. The van der Waals surface area contributed by atoms with Gasteiger partial charge in [-0.05, 0) is 12.3 Å². The van der Waals surface area contributed by atoms with Crippen LogP contribution in [0.5, 0.6) is 0 Å². The molecule has 1 atom stereocenters. The number of ether oxygens (including phenoxy) is 1. The fraction of sp³-hybridized carbons (Fsp3) is 0.556. The predicted molar refractivity (Wildman–Crippen MR) is 92.1 cm³/mol. The number of hydrogen-bond donors (Lipinski definition) is 0. The molecular formula is C18H26O3S. The molecular weight excluding hydrogens is 296 g/mol. The van der Waals surface area contributed by atoms with Crippen LogP contribution in [0.25, 0.3) is 0 Å². The lowest BCUT2D eigenvalue weighted by atomic mass is 10.0. The first-order chi connectivity index (χ1) is 10.7. The van der Waals surface area contributed by atoms with Gasteiger partial charge in [-0.2, -0.15) is 0 Å². The normalized spacial score (nSPS) is 11.9. The van der Waals surface area contributed by atoms with Crippen molar-refractivity contribution in [2.24, 2.45) is 5.92 Å². The first kappa shape index (κ1) is 18.8. The van der Waals surface area contributed by atoms with Crippen LogP contribution in [-0.4, -0.2) is 23.4 Å². The van der Waals surface area contributed by atoms with Crippen molar-refractivity contribution in [3.63, 3.8) is 0 Å². The van der Waals surface area contributed by atoms with Crippen molar-refractivity contribution in [2.45, 2.75) is 46.0 Å². The predicted octanol–water partition coefficient (Wildman–Crippen LogP) is 4.71. The van der Waals surface area contributed by atoms with E-state index in [4.69, 9.17) is 4.74 Å². The van der Waals surface area contributed by atoms with Crippen molar-refractivity contribution in [2.75, 3.05) is 12.4 Å². The van der Waals surface area contributed by atoms with E-state index in [1.54, 1.807) is 12.1 Å². The highest BCUT2D eigenvalue weighted by Gasteiger charge is 2.11. The summed E-state index contributed by atoms with van der Waals surface area (Å²) in [6.07, 6.45) is 4.78. The quantitative estimate of drug-likeness (QED) is 0.585. The van der Waals surface area contributed by atoms with Crippen LogP contribution in [0.4, 0.5) is 0 Å². The third-order valence-corrected chi connectivity index (χ3v) is 4.48. The summed E-state index contributed by atoms with van der Waals surface area (Å²) in [4.78, 5) is 23.6. The molecule has 0 N–H and O–H groups in total. The molecule has 0 saturated carbocycles. The highest BCUT2D eigenvalue weighted by Crippen LogP contribution is 2.15. The van der Waals surface area contributed by atoms with Crippen LogP contribution in [0, 0.1) is 5.92 Å². The number of hydrogen-bond acceptors (Lipinski definition) is 4. The summed E-state index contributed by atoms with van der Waals surface area (Å²) < 4.78 is 5.32. The lowest BCUT2D eigenvalue weighted by Gasteiger charge is -2.14. The second kappa shape index (κ2) is 11.3. The minimum absolute atomic E-state index is 0.00257. The minimum atomic E-state index is -0.205. The van der Waals surface area contributed by atoms with Crippen LogP contribution in [-0.2, 0) is 9.53 Å². The van der Waals surface area contributed by atoms with Crippen molar-refractivity contribution in [1.82, 2.24) is 0 Å². The zero-order chi connectivity index (χ0) is 16.2. The van der Waals surface area contributed by atoms with Crippen molar-refractivity contribution in [3.8, 4) is 0 Å². The molecule has 0 aliphatic heterocycles. The zero-order valence-electron chi connectivity index (χ0n) is 13.5. The van der Waals surface area contributed by atoms with Gasteiger partial charge in [0.2, 0.25) is 5.12 Å². The summed E-state index contributed by atoms with van der Waals surface area (Å²) in [6, 6.07) is 9.12. The van der Waals surface area contributed by atoms with Crippen molar-refractivity contribution >= 4 is 22.8 Å². The van der Waals surface area contributed by atoms with Crippen molar-refractivity contribution < 1.29 is 14.3 Å². The molecule has 0 aliphatic rings. The van der Waals surface area contributed by atoms with E-state index in [0.29, 0.717) is 23.8 Å². The second-order valence-corrected chi connectivity index (χ2v) is 6.42. The Bertz CT molecular complexity index is 445. The van der Waals surface area contributed by atoms with Gasteiger partial charge in [-0.3, -0.25) is 9.59 Å². The molecule has 4 heteroatoms. The van der Waals surface area contributed by atoms with E-state index in [1.807, 2.05) is 18.2 Å². The average molecular weight is 322 g/mol. The molecule has 0 spiro atoms. The maximum absolute atomic E-state index is 11.9. The van der Waals surface area contributed by atoms with Gasteiger partial charge in [0.1, 0.15) is 0 Å². The summed E-state index contributed by atoms with van der Waals surface area (Å²) in [5.41, 5.74) is 0.673. The number of carbonyl (C=O) groups excluding carboxylic acids is 2. The van der Waals surface area contributed by atoms with Gasteiger partial charge >= 0.3 is 5.97 Å². The first-order valence-corrected chi connectivity index (χ1v) is 9.03. The number of carbonyl (C=O) groups is 2. The molecule has 0 fully saturated rings.